The highest BCUT2D eigenvalue weighted by atomic mass is 35.5. The number of nitrogens with one attached hydrogen (secondary N) is 1. The van der Waals surface area contributed by atoms with Gasteiger partial charge in [-0.1, -0.05) is 6.92 Å². The van der Waals surface area contributed by atoms with Crippen LogP contribution in [0.25, 0.3) is 0 Å². The molecule has 166 valence electrons. The minimum Gasteiger partial charge on any atom is -0.369 e. The third-order valence-corrected chi connectivity index (χ3v) is 6.11. The highest BCUT2D eigenvalue weighted by Crippen LogP contribution is 2.21. The van der Waals surface area contributed by atoms with Crippen molar-refractivity contribution in [2.75, 3.05) is 57.3 Å². The second kappa shape index (κ2) is 12.6. The largest absolute Gasteiger partial charge is 0.369 e. The van der Waals surface area contributed by atoms with Crippen molar-refractivity contribution >= 4 is 36.4 Å². The second-order valence-electron chi connectivity index (χ2n) is 8.21. The number of rotatable bonds is 6. The smallest absolute Gasteiger partial charge is 0.253 e. The average molecular weight is 445 g/mol. The molecule has 0 spiro atoms. The van der Waals surface area contributed by atoms with Crippen LogP contribution in [0.15, 0.2) is 24.3 Å². The summed E-state index contributed by atoms with van der Waals surface area (Å²) in [6.45, 7) is 14.9. The zero-order chi connectivity index (χ0) is 19.2. The predicted octanol–water partition coefficient (Wildman–Crippen LogP) is 3.52. The van der Waals surface area contributed by atoms with E-state index in [0.29, 0.717) is 12.0 Å². The van der Waals surface area contributed by atoms with E-state index < -0.39 is 0 Å². The molecule has 1 aromatic rings. The van der Waals surface area contributed by atoms with Gasteiger partial charge in [0.05, 0.1) is 0 Å². The first-order valence-corrected chi connectivity index (χ1v) is 10.7. The zero-order valence-corrected chi connectivity index (χ0v) is 19.7. The molecule has 2 aliphatic rings. The molecule has 0 atom stereocenters. The van der Waals surface area contributed by atoms with Crippen LogP contribution in [0, 0.1) is 5.92 Å². The highest BCUT2D eigenvalue weighted by molar-refractivity contribution is 5.94. The molecule has 0 aliphatic carbocycles. The molecule has 0 unspecified atom stereocenters. The van der Waals surface area contributed by atoms with Crippen molar-refractivity contribution in [2.24, 2.45) is 5.92 Å². The maximum Gasteiger partial charge on any atom is 0.253 e. The molecule has 0 aromatic heterocycles. The summed E-state index contributed by atoms with van der Waals surface area (Å²) in [5.41, 5.74) is 2.06. The topological polar surface area (TPSA) is 38.8 Å². The number of piperazine rings is 1. The standard InChI is InChI=1S/C22H36N4O.2ClH/c1-4-23-17-19-9-11-26(12-10-19)22(27)20-5-7-21(8-6-20)25-15-13-24(14-16-25)18(2)3;;/h5-8,18-19,23H,4,9-17H2,1-3H3;2*1H. The van der Waals surface area contributed by atoms with Gasteiger partial charge >= 0.3 is 0 Å². The van der Waals surface area contributed by atoms with Gasteiger partial charge in [0, 0.05) is 56.6 Å². The lowest BCUT2D eigenvalue weighted by atomic mass is 9.96. The number of nitrogens with zero attached hydrogens (tertiary/aromatic N) is 3. The van der Waals surface area contributed by atoms with Crippen molar-refractivity contribution in [3.8, 4) is 0 Å². The van der Waals surface area contributed by atoms with Crippen LogP contribution in [-0.2, 0) is 0 Å². The van der Waals surface area contributed by atoms with E-state index in [1.165, 1.54) is 5.69 Å². The fourth-order valence-electron chi connectivity index (χ4n) is 4.18. The molecular weight excluding hydrogens is 407 g/mol. The molecule has 29 heavy (non-hydrogen) atoms. The Morgan fingerprint density at radius 1 is 1.00 bits per heavy atom. The summed E-state index contributed by atoms with van der Waals surface area (Å²) in [4.78, 5) is 19.8. The molecule has 0 radical (unpaired) electrons. The third kappa shape index (κ3) is 7.02. The average Bonchev–Trinajstić information content (AvgIpc) is 2.72. The Balaban J connectivity index is 0.00000210. The minimum atomic E-state index is 0. The van der Waals surface area contributed by atoms with Crippen molar-refractivity contribution in [1.82, 2.24) is 15.1 Å². The van der Waals surface area contributed by atoms with Gasteiger partial charge in [0.15, 0.2) is 0 Å². The van der Waals surface area contributed by atoms with E-state index in [1.807, 2.05) is 17.0 Å². The Morgan fingerprint density at radius 3 is 2.10 bits per heavy atom. The second-order valence-corrected chi connectivity index (χ2v) is 8.21. The molecule has 3 rings (SSSR count). The molecule has 2 fully saturated rings. The molecule has 0 bridgehead atoms. The van der Waals surface area contributed by atoms with E-state index in [4.69, 9.17) is 0 Å². The lowest BCUT2D eigenvalue weighted by molar-refractivity contribution is 0.0690. The number of halogens is 2. The van der Waals surface area contributed by atoms with Gasteiger partial charge in [-0.2, -0.15) is 0 Å². The van der Waals surface area contributed by atoms with Gasteiger partial charge in [-0.25, -0.2) is 0 Å². The molecule has 0 saturated carbocycles. The number of benzene rings is 1. The lowest BCUT2D eigenvalue weighted by Gasteiger charge is -2.38. The summed E-state index contributed by atoms with van der Waals surface area (Å²) >= 11 is 0. The monoisotopic (exact) mass is 444 g/mol. The van der Waals surface area contributed by atoms with Crippen LogP contribution in [0.5, 0.6) is 0 Å². The Morgan fingerprint density at radius 2 is 1.59 bits per heavy atom. The number of amides is 1. The number of hydrogen-bond donors (Lipinski definition) is 1. The van der Waals surface area contributed by atoms with Crippen LogP contribution in [0.1, 0.15) is 44.0 Å². The van der Waals surface area contributed by atoms with Crippen LogP contribution >= 0.6 is 24.8 Å². The minimum absolute atomic E-state index is 0. The maximum atomic E-state index is 12.8. The quantitative estimate of drug-likeness (QED) is 0.728. The van der Waals surface area contributed by atoms with Crippen LogP contribution in [0.2, 0.25) is 0 Å². The Bertz CT molecular complexity index is 595. The van der Waals surface area contributed by atoms with Crippen molar-refractivity contribution in [3.05, 3.63) is 29.8 Å². The number of piperidine rings is 1. The summed E-state index contributed by atoms with van der Waals surface area (Å²) < 4.78 is 0. The Kier molecular flexibility index (Phi) is 11.3. The molecule has 2 saturated heterocycles. The van der Waals surface area contributed by atoms with E-state index in [9.17, 15) is 4.79 Å². The number of anilines is 1. The first-order valence-electron chi connectivity index (χ1n) is 10.7. The van der Waals surface area contributed by atoms with Crippen molar-refractivity contribution in [3.63, 3.8) is 0 Å². The molecule has 2 aliphatic heterocycles. The van der Waals surface area contributed by atoms with E-state index in [0.717, 1.165) is 70.8 Å². The number of carbonyl (C=O) groups is 1. The van der Waals surface area contributed by atoms with Gasteiger partial charge in [0.1, 0.15) is 0 Å². The molecule has 1 N–H and O–H groups in total. The molecule has 7 heteroatoms. The van der Waals surface area contributed by atoms with Gasteiger partial charge in [0.25, 0.3) is 5.91 Å². The highest BCUT2D eigenvalue weighted by Gasteiger charge is 2.24. The van der Waals surface area contributed by atoms with E-state index >= 15 is 0 Å². The fraction of sp³-hybridized carbons (Fsp3) is 0.682. The molecule has 1 aromatic carbocycles. The van der Waals surface area contributed by atoms with Gasteiger partial charge < -0.3 is 15.1 Å². The fourth-order valence-corrected chi connectivity index (χ4v) is 4.18. The van der Waals surface area contributed by atoms with Crippen molar-refractivity contribution in [2.45, 2.75) is 39.7 Å². The number of carbonyl (C=O) groups excluding carboxylic acids is 1. The molecular formula is C22H38Cl2N4O. The molecule has 2 heterocycles. The summed E-state index contributed by atoms with van der Waals surface area (Å²) in [7, 11) is 0. The van der Waals surface area contributed by atoms with E-state index in [2.05, 4.69) is 48.0 Å². The first kappa shape index (κ1) is 26.0. The van der Waals surface area contributed by atoms with Crippen LogP contribution < -0.4 is 10.2 Å². The van der Waals surface area contributed by atoms with Gasteiger partial charge in [-0.15, -0.1) is 24.8 Å². The van der Waals surface area contributed by atoms with Crippen LogP contribution in [0.3, 0.4) is 0 Å². The van der Waals surface area contributed by atoms with E-state index in [1.54, 1.807) is 0 Å². The first-order chi connectivity index (χ1) is 13.1. The summed E-state index contributed by atoms with van der Waals surface area (Å²) in [6.07, 6.45) is 2.22. The zero-order valence-electron chi connectivity index (χ0n) is 18.1. The predicted molar refractivity (Wildman–Crippen MR) is 127 cm³/mol. The Hall–Kier alpha value is -1.01. The molecule has 1 amide bonds. The van der Waals surface area contributed by atoms with Crippen LogP contribution in [0.4, 0.5) is 5.69 Å². The summed E-state index contributed by atoms with van der Waals surface area (Å²) in [6, 6.07) is 8.88. The maximum absolute atomic E-state index is 12.8. The van der Waals surface area contributed by atoms with Crippen molar-refractivity contribution in [1.29, 1.82) is 0 Å². The van der Waals surface area contributed by atoms with E-state index in [-0.39, 0.29) is 30.7 Å². The summed E-state index contributed by atoms with van der Waals surface area (Å²) in [5.74, 6) is 0.897. The van der Waals surface area contributed by atoms with Gasteiger partial charge in [-0.3, -0.25) is 9.69 Å². The van der Waals surface area contributed by atoms with Crippen molar-refractivity contribution < 1.29 is 4.79 Å². The number of hydrogen-bond acceptors (Lipinski definition) is 4. The third-order valence-electron chi connectivity index (χ3n) is 6.11. The molecule has 5 nitrogen and oxygen atoms in total. The summed E-state index contributed by atoms with van der Waals surface area (Å²) in [5, 5.41) is 3.43. The number of likely N-dealkylation sites (tertiary alicyclic amines) is 1. The Labute approximate surface area is 189 Å². The normalized spacial score (nSPS) is 18.3. The van der Waals surface area contributed by atoms with Gasteiger partial charge in [0.2, 0.25) is 0 Å². The lowest BCUT2D eigenvalue weighted by Crippen LogP contribution is -2.48. The van der Waals surface area contributed by atoms with Crippen LogP contribution in [-0.4, -0.2) is 74.1 Å². The SMILES string of the molecule is CCNCC1CCN(C(=O)c2ccc(N3CCN(C(C)C)CC3)cc2)CC1.Cl.Cl. The van der Waals surface area contributed by atoms with Gasteiger partial charge in [-0.05, 0) is 70.0 Å².